The largest absolute Gasteiger partial charge is 0.356 e. The maximum Gasteiger partial charge on any atom is 0.191 e. The molecule has 1 aromatic rings. The van der Waals surface area contributed by atoms with Crippen LogP contribution >= 0.6 is 0 Å². The van der Waals surface area contributed by atoms with Crippen LogP contribution in [0, 0.1) is 5.92 Å². The van der Waals surface area contributed by atoms with Gasteiger partial charge < -0.3 is 10.6 Å². The van der Waals surface area contributed by atoms with Crippen LogP contribution in [0.15, 0.2) is 11.2 Å². The van der Waals surface area contributed by atoms with Gasteiger partial charge in [0, 0.05) is 38.3 Å². The monoisotopic (exact) mass is 289 g/mol. The standard InChI is InChI=1S/C16H27N5/c1-11(2)21-10-13-6-7-14(8-15(13)20-21)19-16(17-3)18-9-12-4-5-12/h10-12,14H,4-9H2,1-3H3,(H2,17,18,19). The average Bonchev–Trinajstić information content (AvgIpc) is 3.20. The zero-order chi connectivity index (χ0) is 14.8. The predicted octanol–water partition coefficient (Wildman–Crippen LogP) is 1.90. The molecule has 1 unspecified atom stereocenters. The lowest BCUT2D eigenvalue weighted by Crippen LogP contribution is -2.46. The van der Waals surface area contributed by atoms with Gasteiger partial charge in [-0.05, 0) is 51.0 Å². The Balaban J connectivity index is 1.57. The van der Waals surface area contributed by atoms with E-state index in [2.05, 4.69) is 40.4 Å². The van der Waals surface area contributed by atoms with E-state index in [0.29, 0.717) is 12.1 Å². The molecular formula is C16H27N5. The molecule has 1 atom stereocenters. The summed E-state index contributed by atoms with van der Waals surface area (Å²) >= 11 is 0. The van der Waals surface area contributed by atoms with Gasteiger partial charge in [-0.2, -0.15) is 5.10 Å². The number of aromatic nitrogens is 2. The van der Waals surface area contributed by atoms with E-state index in [-0.39, 0.29) is 0 Å². The summed E-state index contributed by atoms with van der Waals surface area (Å²) in [4.78, 5) is 4.34. The molecule has 5 heteroatoms. The fraction of sp³-hybridized carbons (Fsp3) is 0.750. The number of nitrogens with zero attached hydrogens (tertiary/aromatic N) is 3. The SMILES string of the molecule is CN=C(NCC1CC1)NC1CCc2cn(C(C)C)nc2C1. The second-order valence-corrected chi connectivity index (χ2v) is 6.66. The third kappa shape index (κ3) is 3.57. The van der Waals surface area contributed by atoms with E-state index < -0.39 is 0 Å². The molecule has 0 aromatic carbocycles. The number of rotatable bonds is 4. The van der Waals surface area contributed by atoms with Crippen molar-refractivity contribution in [1.82, 2.24) is 20.4 Å². The van der Waals surface area contributed by atoms with Crippen molar-refractivity contribution in [3.8, 4) is 0 Å². The summed E-state index contributed by atoms with van der Waals surface area (Å²) in [5.41, 5.74) is 2.67. The van der Waals surface area contributed by atoms with Crippen LogP contribution in [0.5, 0.6) is 0 Å². The third-order valence-electron chi connectivity index (χ3n) is 4.45. The number of hydrogen-bond donors (Lipinski definition) is 2. The Morgan fingerprint density at radius 1 is 1.43 bits per heavy atom. The van der Waals surface area contributed by atoms with Gasteiger partial charge in [-0.3, -0.25) is 9.67 Å². The van der Waals surface area contributed by atoms with E-state index in [4.69, 9.17) is 5.10 Å². The molecule has 116 valence electrons. The van der Waals surface area contributed by atoms with Gasteiger partial charge in [-0.15, -0.1) is 0 Å². The molecule has 0 amide bonds. The molecule has 2 N–H and O–H groups in total. The molecule has 0 radical (unpaired) electrons. The van der Waals surface area contributed by atoms with E-state index >= 15 is 0 Å². The van der Waals surface area contributed by atoms with Crippen molar-refractivity contribution < 1.29 is 0 Å². The van der Waals surface area contributed by atoms with Crippen LogP contribution in [0.1, 0.15) is 50.4 Å². The Bertz CT molecular complexity index is 513. The zero-order valence-corrected chi connectivity index (χ0v) is 13.4. The second kappa shape index (κ2) is 6.08. The number of nitrogens with one attached hydrogen (secondary N) is 2. The highest BCUT2D eigenvalue weighted by Crippen LogP contribution is 2.27. The molecule has 1 aromatic heterocycles. The Morgan fingerprint density at radius 2 is 2.24 bits per heavy atom. The maximum atomic E-state index is 4.73. The van der Waals surface area contributed by atoms with Gasteiger partial charge in [-0.25, -0.2) is 0 Å². The quantitative estimate of drug-likeness (QED) is 0.657. The third-order valence-corrected chi connectivity index (χ3v) is 4.45. The summed E-state index contributed by atoms with van der Waals surface area (Å²) in [7, 11) is 1.85. The summed E-state index contributed by atoms with van der Waals surface area (Å²) in [5, 5.41) is 11.7. The van der Waals surface area contributed by atoms with Crippen LogP contribution in [0.3, 0.4) is 0 Å². The molecular weight excluding hydrogens is 262 g/mol. The average molecular weight is 289 g/mol. The Morgan fingerprint density at radius 3 is 2.90 bits per heavy atom. The first-order valence-electron chi connectivity index (χ1n) is 8.19. The maximum absolute atomic E-state index is 4.73. The molecule has 1 fully saturated rings. The number of aliphatic imine (C=N–C) groups is 1. The van der Waals surface area contributed by atoms with Crippen LogP contribution in [-0.4, -0.2) is 35.4 Å². The van der Waals surface area contributed by atoms with Crippen molar-refractivity contribution in [3.63, 3.8) is 0 Å². The van der Waals surface area contributed by atoms with Gasteiger partial charge >= 0.3 is 0 Å². The smallest absolute Gasteiger partial charge is 0.191 e. The molecule has 0 aliphatic heterocycles. The van der Waals surface area contributed by atoms with Gasteiger partial charge in [0.1, 0.15) is 0 Å². The van der Waals surface area contributed by atoms with Crippen LogP contribution in [0.2, 0.25) is 0 Å². The number of guanidine groups is 1. The van der Waals surface area contributed by atoms with Crippen molar-refractivity contribution in [2.75, 3.05) is 13.6 Å². The van der Waals surface area contributed by atoms with Crippen LogP contribution < -0.4 is 10.6 Å². The second-order valence-electron chi connectivity index (χ2n) is 6.66. The van der Waals surface area contributed by atoms with E-state index in [1.807, 2.05) is 7.05 Å². The minimum absolute atomic E-state index is 0.440. The highest BCUT2D eigenvalue weighted by molar-refractivity contribution is 5.80. The van der Waals surface area contributed by atoms with Crippen molar-refractivity contribution in [2.45, 2.75) is 58.0 Å². The van der Waals surface area contributed by atoms with Gasteiger partial charge in [0.25, 0.3) is 0 Å². The summed E-state index contributed by atoms with van der Waals surface area (Å²) in [6.07, 6.45) is 8.21. The van der Waals surface area contributed by atoms with Crippen molar-refractivity contribution in [2.24, 2.45) is 10.9 Å². The number of hydrogen-bond acceptors (Lipinski definition) is 2. The Hall–Kier alpha value is -1.52. The van der Waals surface area contributed by atoms with Crippen molar-refractivity contribution >= 4 is 5.96 Å². The molecule has 1 heterocycles. The summed E-state index contributed by atoms with van der Waals surface area (Å²) < 4.78 is 2.09. The van der Waals surface area contributed by atoms with Gasteiger partial charge in [0.15, 0.2) is 5.96 Å². The van der Waals surface area contributed by atoms with Gasteiger partial charge in [0.2, 0.25) is 0 Å². The highest BCUT2D eigenvalue weighted by Gasteiger charge is 2.24. The molecule has 0 bridgehead atoms. The molecule has 21 heavy (non-hydrogen) atoms. The normalized spacial score (nSPS) is 22.3. The zero-order valence-electron chi connectivity index (χ0n) is 13.4. The van der Waals surface area contributed by atoms with E-state index in [9.17, 15) is 0 Å². The van der Waals surface area contributed by atoms with Crippen molar-refractivity contribution in [3.05, 3.63) is 17.5 Å². The number of aryl methyl sites for hydroxylation is 1. The molecule has 1 saturated carbocycles. The first kappa shape index (κ1) is 14.4. The lowest BCUT2D eigenvalue weighted by Gasteiger charge is -2.24. The van der Waals surface area contributed by atoms with Gasteiger partial charge in [-0.1, -0.05) is 0 Å². The molecule has 0 saturated heterocycles. The van der Waals surface area contributed by atoms with E-state index in [0.717, 1.165) is 37.7 Å². The summed E-state index contributed by atoms with van der Waals surface area (Å²) in [6.45, 7) is 5.41. The predicted molar refractivity (Wildman–Crippen MR) is 85.6 cm³/mol. The van der Waals surface area contributed by atoms with Crippen LogP contribution in [-0.2, 0) is 12.8 Å². The van der Waals surface area contributed by atoms with E-state index in [1.54, 1.807) is 0 Å². The molecule has 3 rings (SSSR count). The molecule has 0 spiro atoms. The molecule has 5 nitrogen and oxygen atoms in total. The lowest BCUT2D eigenvalue weighted by molar-refractivity contribution is 0.499. The van der Waals surface area contributed by atoms with Gasteiger partial charge in [0.05, 0.1) is 5.69 Å². The number of fused-ring (bicyclic) bond motifs is 1. The minimum Gasteiger partial charge on any atom is -0.356 e. The first-order chi connectivity index (χ1) is 10.2. The topological polar surface area (TPSA) is 54.2 Å². The Labute approximate surface area is 127 Å². The molecule has 2 aliphatic carbocycles. The highest BCUT2D eigenvalue weighted by atomic mass is 15.3. The first-order valence-corrected chi connectivity index (χ1v) is 8.19. The summed E-state index contributed by atoms with van der Waals surface area (Å²) in [6, 6.07) is 0.883. The fourth-order valence-electron chi connectivity index (χ4n) is 2.85. The molecule has 2 aliphatic rings. The lowest BCUT2D eigenvalue weighted by atomic mass is 9.94. The Kier molecular flexibility index (Phi) is 4.17. The fourth-order valence-corrected chi connectivity index (χ4v) is 2.85. The van der Waals surface area contributed by atoms with Crippen LogP contribution in [0.25, 0.3) is 0 Å². The van der Waals surface area contributed by atoms with E-state index in [1.165, 1.54) is 24.1 Å². The van der Waals surface area contributed by atoms with Crippen LogP contribution in [0.4, 0.5) is 0 Å². The summed E-state index contributed by atoms with van der Waals surface area (Å²) in [5.74, 6) is 1.81. The van der Waals surface area contributed by atoms with Crippen molar-refractivity contribution in [1.29, 1.82) is 0 Å². The minimum atomic E-state index is 0.440.